The van der Waals surface area contributed by atoms with Crippen molar-refractivity contribution >= 4 is 11.8 Å². The Morgan fingerprint density at radius 2 is 1.80 bits per heavy atom. The van der Waals surface area contributed by atoms with E-state index in [1.165, 1.54) is 0 Å². The summed E-state index contributed by atoms with van der Waals surface area (Å²) in [6.07, 6.45) is 0. The summed E-state index contributed by atoms with van der Waals surface area (Å²) in [5.41, 5.74) is 6.52. The number of carbonyl (C=O) groups excluding carboxylic acids is 2. The lowest BCUT2D eigenvalue weighted by atomic mass is 10.1. The summed E-state index contributed by atoms with van der Waals surface area (Å²) in [6.45, 7) is 3.92. The highest BCUT2D eigenvalue weighted by atomic mass is 16.3. The Kier molecular flexibility index (Phi) is 5.99. The number of carbonyl (C=O) groups is 2. The van der Waals surface area contributed by atoms with Crippen LogP contribution in [0.1, 0.15) is 19.4 Å². The van der Waals surface area contributed by atoms with E-state index in [0.717, 1.165) is 5.56 Å². The van der Waals surface area contributed by atoms with E-state index in [2.05, 4.69) is 10.6 Å². The first-order valence-electron chi connectivity index (χ1n) is 6.48. The molecule has 0 aromatic heterocycles. The van der Waals surface area contributed by atoms with Crippen LogP contribution in [0.5, 0.6) is 5.75 Å². The van der Waals surface area contributed by atoms with Crippen molar-refractivity contribution in [3.05, 3.63) is 29.8 Å². The number of hydrogen-bond donors (Lipinski definition) is 4. The molecule has 0 radical (unpaired) electrons. The van der Waals surface area contributed by atoms with E-state index >= 15 is 0 Å². The topological polar surface area (TPSA) is 104 Å². The molecule has 2 amide bonds. The zero-order chi connectivity index (χ0) is 15.1. The Morgan fingerprint density at radius 1 is 1.20 bits per heavy atom. The summed E-state index contributed by atoms with van der Waals surface area (Å²) in [6, 6.07) is 5.90. The minimum absolute atomic E-state index is 0.0232. The van der Waals surface area contributed by atoms with Gasteiger partial charge >= 0.3 is 0 Å². The normalized spacial score (nSPS) is 12.0. The van der Waals surface area contributed by atoms with Crippen LogP contribution in [-0.2, 0) is 16.1 Å². The van der Waals surface area contributed by atoms with Crippen LogP contribution in [0.2, 0.25) is 0 Å². The van der Waals surface area contributed by atoms with Crippen molar-refractivity contribution in [2.75, 3.05) is 6.54 Å². The fourth-order valence-corrected chi connectivity index (χ4v) is 1.46. The van der Waals surface area contributed by atoms with E-state index in [1.807, 2.05) is 13.8 Å². The quantitative estimate of drug-likeness (QED) is 0.593. The van der Waals surface area contributed by atoms with Crippen LogP contribution in [0.4, 0.5) is 0 Å². The molecule has 0 fully saturated rings. The Hall–Kier alpha value is -2.08. The van der Waals surface area contributed by atoms with Crippen molar-refractivity contribution in [3.8, 4) is 5.75 Å². The number of aromatic hydroxyl groups is 1. The summed E-state index contributed by atoms with van der Waals surface area (Å²) in [5, 5.41) is 14.3. The van der Waals surface area contributed by atoms with Crippen LogP contribution in [0.3, 0.4) is 0 Å². The largest absolute Gasteiger partial charge is 0.508 e. The SMILES string of the molecule is CC(C)[C@H](N)C(=O)NCC(=O)NCc1ccc(O)cc1. The molecule has 0 unspecified atom stereocenters. The summed E-state index contributed by atoms with van der Waals surface area (Å²) in [5.74, 6) is -0.424. The average molecular weight is 279 g/mol. The lowest BCUT2D eigenvalue weighted by molar-refractivity contribution is -0.127. The van der Waals surface area contributed by atoms with Crippen molar-refractivity contribution in [2.45, 2.75) is 26.4 Å². The van der Waals surface area contributed by atoms with Gasteiger partial charge in [-0.25, -0.2) is 0 Å². The van der Waals surface area contributed by atoms with Crippen molar-refractivity contribution in [1.82, 2.24) is 10.6 Å². The Labute approximate surface area is 118 Å². The maximum absolute atomic E-state index is 11.6. The molecule has 0 spiro atoms. The predicted octanol–water partition coefficient (Wildman–Crippen LogP) is 0.108. The minimum Gasteiger partial charge on any atom is -0.508 e. The molecule has 1 atom stereocenters. The first-order valence-corrected chi connectivity index (χ1v) is 6.48. The van der Waals surface area contributed by atoms with Gasteiger partial charge in [0.05, 0.1) is 12.6 Å². The highest BCUT2D eigenvalue weighted by Crippen LogP contribution is 2.08. The van der Waals surface area contributed by atoms with E-state index in [-0.39, 0.29) is 30.0 Å². The lowest BCUT2D eigenvalue weighted by Crippen LogP contribution is -2.47. The smallest absolute Gasteiger partial charge is 0.239 e. The van der Waals surface area contributed by atoms with Crippen LogP contribution in [0.15, 0.2) is 24.3 Å². The van der Waals surface area contributed by atoms with Crippen LogP contribution < -0.4 is 16.4 Å². The van der Waals surface area contributed by atoms with Gasteiger partial charge in [0, 0.05) is 6.54 Å². The summed E-state index contributed by atoms with van der Waals surface area (Å²) in [4.78, 5) is 23.1. The van der Waals surface area contributed by atoms with Crippen molar-refractivity contribution < 1.29 is 14.7 Å². The third kappa shape index (κ3) is 5.27. The molecule has 1 aromatic rings. The molecule has 6 heteroatoms. The fraction of sp³-hybridized carbons (Fsp3) is 0.429. The summed E-state index contributed by atoms with van der Waals surface area (Å²) in [7, 11) is 0. The Balaban J connectivity index is 2.30. The number of rotatable bonds is 6. The second-order valence-corrected chi connectivity index (χ2v) is 4.93. The maximum Gasteiger partial charge on any atom is 0.239 e. The van der Waals surface area contributed by atoms with Gasteiger partial charge in [-0.15, -0.1) is 0 Å². The number of nitrogens with two attached hydrogens (primary N) is 1. The van der Waals surface area contributed by atoms with Crippen LogP contribution in [0, 0.1) is 5.92 Å². The van der Waals surface area contributed by atoms with Gasteiger partial charge in [-0.2, -0.15) is 0 Å². The van der Waals surface area contributed by atoms with Gasteiger partial charge in [0.15, 0.2) is 0 Å². The molecule has 110 valence electrons. The molecule has 0 saturated carbocycles. The summed E-state index contributed by atoms with van der Waals surface area (Å²) >= 11 is 0. The molecule has 6 nitrogen and oxygen atoms in total. The van der Waals surface area contributed by atoms with E-state index in [1.54, 1.807) is 24.3 Å². The zero-order valence-electron chi connectivity index (χ0n) is 11.7. The van der Waals surface area contributed by atoms with Gasteiger partial charge in [-0.3, -0.25) is 9.59 Å². The van der Waals surface area contributed by atoms with E-state index in [4.69, 9.17) is 10.8 Å². The number of phenols is 1. The molecule has 0 bridgehead atoms. The molecule has 1 rings (SSSR count). The molecule has 0 saturated heterocycles. The van der Waals surface area contributed by atoms with Gasteiger partial charge in [-0.1, -0.05) is 26.0 Å². The fourth-order valence-electron chi connectivity index (χ4n) is 1.46. The predicted molar refractivity (Wildman–Crippen MR) is 75.8 cm³/mol. The van der Waals surface area contributed by atoms with Gasteiger partial charge in [0.1, 0.15) is 5.75 Å². The average Bonchev–Trinajstić information content (AvgIpc) is 2.43. The van der Waals surface area contributed by atoms with Crippen LogP contribution in [-0.4, -0.2) is 29.5 Å². The monoisotopic (exact) mass is 279 g/mol. The van der Waals surface area contributed by atoms with E-state index in [9.17, 15) is 9.59 Å². The third-order valence-electron chi connectivity index (χ3n) is 2.87. The maximum atomic E-state index is 11.6. The number of nitrogens with one attached hydrogen (secondary N) is 2. The second kappa shape index (κ2) is 7.49. The molecule has 0 aliphatic heterocycles. The molecule has 0 heterocycles. The molecule has 20 heavy (non-hydrogen) atoms. The molecular weight excluding hydrogens is 258 g/mol. The molecule has 0 aliphatic rings. The van der Waals surface area contributed by atoms with Gasteiger partial charge in [0.2, 0.25) is 11.8 Å². The van der Waals surface area contributed by atoms with Crippen molar-refractivity contribution in [1.29, 1.82) is 0 Å². The second-order valence-electron chi connectivity index (χ2n) is 4.93. The van der Waals surface area contributed by atoms with Crippen LogP contribution >= 0.6 is 0 Å². The molecule has 0 aliphatic carbocycles. The number of benzene rings is 1. The van der Waals surface area contributed by atoms with Gasteiger partial charge in [0.25, 0.3) is 0 Å². The molecule has 1 aromatic carbocycles. The summed E-state index contributed by atoms with van der Waals surface area (Å²) < 4.78 is 0. The number of phenolic OH excluding ortho intramolecular Hbond substituents is 1. The first-order chi connectivity index (χ1) is 9.40. The third-order valence-corrected chi connectivity index (χ3v) is 2.87. The number of amides is 2. The zero-order valence-corrected chi connectivity index (χ0v) is 11.7. The van der Waals surface area contributed by atoms with Crippen molar-refractivity contribution in [3.63, 3.8) is 0 Å². The van der Waals surface area contributed by atoms with Crippen molar-refractivity contribution in [2.24, 2.45) is 11.7 Å². The minimum atomic E-state index is -0.611. The van der Waals surface area contributed by atoms with Gasteiger partial charge < -0.3 is 21.5 Å². The molecule has 5 N–H and O–H groups in total. The Morgan fingerprint density at radius 3 is 2.35 bits per heavy atom. The first kappa shape index (κ1) is 16.0. The molecular formula is C14H21N3O3. The number of hydrogen-bond acceptors (Lipinski definition) is 4. The highest BCUT2D eigenvalue weighted by Gasteiger charge is 2.17. The Bertz CT molecular complexity index is 457. The standard InChI is InChI=1S/C14H21N3O3/c1-9(2)13(15)14(20)17-8-12(19)16-7-10-3-5-11(18)6-4-10/h3-6,9,13,18H,7-8,15H2,1-2H3,(H,16,19)(H,17,20)/t13-/m0/s1. The van der Waals surface area contributed by atoms with Crippen LogP contribution in [0.25, 0.3) is 0 Å². The van der Waals surface area contributed by atoms with E-state index in [0.29, 0.717) is 6.54 Å². The lowest BCUT2D eigenvalue weighted by Gasteiger charge is -2.15. The van der Waals surface area contributed by atoms with E-state index < -0.39 is 6.04 Å². The highest BCUT2D eigenvalue weighted by molar-refractivity contribution is 5.87. The van der Waals surface area contributed by atoms with Gasteiger partial charge in [-0.05, 0) is 23.6 Å².